The van der Waals surface area contributed by atoms with Gasteiger partial charge in [-0.1, -0.05) is 12.8 Å². The summed E-state index contributed by atoms with van der Waals surface area (Å²) in [6.45, 7) is 0. The lowest BCUT2D eigenvalue weighted by atomic mass is 9.83. The Labute approximate surface area is 162 Å². The Morgan fingerprint density at radius 3 is 2.71 bits per heavy atom. The Morgan fingerprint density at radius 1 is 1.18 bits per heavy atom. The molecule has 0 saturated heterocycles. The average Bonchev–Trinajstić information content (AvgIpc) is 3.45. The summed E-state index contributed by atoms with van der Waals surface area (Å²) in [7, 11) is 0. The van der Waals surface area contributed by atoms with Crippen LogP contribution in [0.3, 0.4) is 0 Å². The van der Waals surface area contributed by atoms with E-state index in [2.05, 4.69) is 21.7 Å². The second kappa shape index (κ2) is 7.63. The normalized spacial score (nSPS) is 23.0. The highest BCUT2D eigenvalue weighted by molar-refractivity contribution is 5.98. The minimum atomic E-state index is -0.436. The summed E-state index contributed by atoms with van der Waals surface area (Å²) in [5.74, 6) is -0.890. The minimum Gasteiger partial charge on any atom is -0.351 e. The van der Waals surface area contributed by atoms with Gasteiger partial charge in [0.25, 0.3) is 5.91 Å². The van der Waals surface area contributed by atoms with Gasteiger partial charge >= 0.3 is 0 Å². The maximum atomic E-state index is 13.4. The molecule has 3 atom stereocenters. The van der Waals surface area contributed by atoms with Crippen LogP contribution in [0.5, 0.6) is 0 Å². The molecular formula is C21H23FN4O2. The number of fused-ring (bicyclic) bond motifs is 1. The second-order valence-corrected chi connectivity index (χ2v) is 7.84. The smallest absolute Gasteiger partial charge is 0.267 e. The van der Waals surface area contributed by atoms with Gasteiger partial charge in [-0.2, -0.15) is 5.26 Å². The molecule has 2 aromatic rings. The van der Waals surface area contributed by atoms with Crippen LogP contribution in [0.1, 0.15) is 49.0 Å². The first-order chi connectivity index (χ1) is 13.5. The molecule has 2 fully saturated rings. The number of rotatable bonds is 5. The Bertz CT molecular complexity index is 944. The van der Waals surface area contributed by atoms with Crippen molar-refractivity contribution in [2.24, 2.45) is 11.8 Å². The van der Waals surface area contributed by atoms with Gasteiger partial charge in [0, 0.05) is 16.9 Å². The van der Waals surface area contributed by atoms with Crippen molar-refractivity contribution in [1.29, 1.82) is 5.26 Å². The van der Waals surface area contributed by atoms with Crippen molar-refractivity contribution in [2.45, 2.75) is 50.6 Å². The van der Waals surface area contributed by atoms with E-state index in [1.807, 2.05) is 0 Å². The van der Waals surface area contributed by atoms with Crippen molar-refractivity contribution < 1.29 is 14.0 Å². The van der Waals surface area contributed by atoms with Gasteiger partial charge in [-0.25, -0.2) is 4.39 Å². The molecule has 7 heteroatoms. The van der Waals surface area contributed by atoms with Crippen LogP contribution in [-0.4, -0.2) is 28.9 Å². The summed E-state index contributed by atoms with van der Waals surface area (Å²) >= 11 is 0. The standard InChI is InChI=1S/C21H23FN4O2/c22-14-7-8-16-13(9-14)10-18(24-16)21(28)25-17-4-2-1-3-15(17)20(27)26-19(11-23)12-5-6-12/h7-10,12,15,17,19,24H,1-6H2,(H,25,28)(H,26,27)/t15-,17+,19?/m1/s1. The number of carbonyl (C=O) groups excluding carboxylic acids is 2. The quantitative estimate of drug-likeness (QED) is 0.741. The number of benzene rings is 1. The number of halogens is 1. The number of hydrogen-bond acceptors (Lipinski definition) is 3. The summed E-state index contributed by atoms with van der Waals surface area (Å²) in [5, 5.41) is 15.7. The fourth-order valence-corrected chi connectivity index (χ4v) is 4.03. The van der Waals surface area contributed by atoms with Crippen LogP contribution in [0, 0.1) is 29.0 Å². The van der Waals surface area contributed by atoms with E-state index in [0.29, 0.717) is 23.0 Å². The molecule has 1 aromatic carbocycles. The molecule has 1 heterocycles. The van der Waals surface area contributed by atoms with Crippen molar-refractivity contribution in [3.8, 4) is 6.07 Å². The van der Waals surface area contributed by atoms with Gasteiger partial charge in [0.15, 0.2) is 0 Å². The maximum absolute atomic E-state index is 13.4. The fraction of sp³-hybridized carbons (Fsp3) is 0.476. The number of nitrogens with zero attached hydrogens (tertiary/aromatic N) is 1. The number of hydrogen-bond donors (Lipinski definition) is 3. The molecule has 0 radical (unpaired) electrons. The minimum absolute atomic E-state index is 0.151. The van der Waals surface area contributed by atoms with E-state index in [1.54, 1.807) is 12.1 Å². The predicted molar refractivity (Wildman–Crippen MR) is 102 cm³/mol. The largest absolute Gasteiger partial charge is 0.351 e. The first-order valence-corrected chi connectivity index (χ1v) is 9.84. The van der Waals surface area contributed by atoms with E-state index in [-0.39, 0.29) is 35.5 Å². The zero-order chi connectivity index (χ0) is 19.7. The molecule has 1 unspecified atom stereocenters. The third-order valence-corrected chi connectivity index (χ3v) is 5.78. The molecule has 0 aliphatic heterocycles. The van der Waals surface area contributed by atoms with E-state index < -0.39 is 6.04 Å². The summed E-state index contributed by atoms with van der Waals surface area (Å²) < 4.78 is 13.4. The van der Waals surface area contributed by atoms with Crippen molar-refractivity contribution in [3.63, 3.8) is 0 Å². The predicted octanol–water partition coefficient (Wildman–Crippen LogP) is 3.01. The lowest BCUT2D eigenvalue weighted by molar-refractivity contribution is -0.127. The number of aromatic nitrogens is 1. The van der Waals surface area contributed by atoms with Gasteiger partial charge in [-0.15, -0.1) is 0 Å². The first-order valence-electron chi connectivity index (χ1n) is 9.84. The van der Waals surface area contributed by atoms with Crippen LogP contribution < -0.4 is 10.6 Å². The molecule has 3 N–H and O–H groups in total. The molecule has 2 saturated carbocycles. The number of amides is 2. The Morgan fingerprint density at radius 2 is 1.96 bits per heavy atom. The molecule has 0 bridgehead atoms. The zero-order valence-electron chi connectivity index (χ0n) is 15.5. The highest BCUT2D eigenvalue weighted by Gasteiger charge is 2.37. The highest BCUT2D eigenvalue weighted by Crippen LogP contribution is 2.33. The van der Waals surface area contributed by atoms with Crippen LogP contribution in [0.2, 0.25) is 0 Å². The summed E-state index contributed by atoms with van der Waals surface area (Å²) in [6.07, 6.45) is 5.24. The first kappa shape index (κ1) is 18.5. The van der Waals surface area contributed by atoms with E-state index in [1.165, 1.54) is 12.1 Å². The molecule has 0 spiro atoms. The molecule has 28 heavy (non-hydrogen) atoms. The molecule has 2 amide bonds. The third kappa shape index (κ3) is 3.86. The fourth-order valence-electron chi connectivity index (χ4n) is 4.03. The van der Waals surface area contributed by atoms with Crippen molar-refractivity contribution in [2.75, 3.05) is 0 Å². The van der Waals surface area contributed by atoms with Gasteiger partial charge in [-0.3, -0.25) is 9.59 Å². The SMILES string of the molecule is N#CC(NC(=O)[C@@H]1CCCC[C@@H]1NC(=O)c1cc2cc(F)ccc2[nH]1)C1CC1. The number of H-pyrrole nitrogens is 1. The molecule has 4 rings (SSSR count). The Hall–Kier alpha value is -2.88. The van der Waals surface area contributed by atoms with Crippen molar-refractivity contribution in [1.82, 2.24) is 15.6 Å². The monoisotopic (exact) mass is 382 g/mol. The summed E-state index contributed by atoms with van der Waals surface area (Å²) in [4.78, 5) is 28.5. The van der Waals surface area contributed by atoms with Crippen LogP contribution in [-0.2, 0) is 4.79 Å². The topological polar surface area (TPSA) is 97.8 Å². The summed E-state index contributed by atoms with van der Waals surface area (Å²) in [6, 6.07) is 7.40. The molecular weight excluding hydrogens is 359 g/mol. The van der Waals surface area contributed by atoms with Crippen molar-refractivity contribution in [3.05, 3.63) is 35.8 Å². The van der Waals surface area contributed by atoms with Crippen LogP contribution in [0.25, 0.3) is 10.9 Å². The Kier molecular flexibility index (Phi) is 5.03. The summed E-state index contributed by atoms with van der Waals surface area (Å²) in [5.41, 5.74) is 1.03. The lowest BCUT2D eigenvalue weighted by Crippen LogP contribution is -2.50. The van der Waals surface area contributed by atoms with Crippen LogP contribution in [0.4, 0.5) is 4.39 Å². The van der Waals surface area contributed by atoms with Crippen molar-refractivity contribution >= 4 is 22.7 Å². The van der Waals surface area contributed by atoms with Gasteiger partial charge in [0.1, 0.15) is 17.6 Å². The Balaban J connectivity index is 1.45. The van der Waals surface area contributed by atoms with E-state index in [4.69, 9.17) is 0 Å². The third-order valence-electron chi connectivity index (χ3n) is 5.78. The van der Waals surface area contributed by atoms with E-state index >= 15 is 0 Å². The maximum Gasteiger partial charge on any atom is 0.267 e. The highest BCUT2D eigenvalue weighted by atomic mass is 19.1. The molecule has 2 aliphatic rings. The number of carbonyl (C=O) groups is 2. The molecule has 2 aliphatic carbocycles. The number of aromatic amines is 1. The average molecular weight is 382 g/mol. The molecule has 146 valence electrons. The van der Waals surface area contributed by atoms with Gasteiger partial charge in [-0.05, 0) is 55.9 Å². The second-order valence-electron chi connectivity index (χ2n) is 7.84. The van der Waals surface area contributed by atoms with Gasteiger partial charge in [0.05, 0.1) is 12.0 Å². The van der Waals surface area contributed by atoms with E-state index in [9.17, 15) is 19.2 Å². The van der Waals surface area contributed by atoms with Gasteiger partial charge in [0.2, 0.25) is 5.91 Å². The zero-order valence-corrected chi connectivity index (χ0v) is 15.5. The molecule has 6 nitrogen and oxygen atoms in total. The lowest BCUT2D eigenvalue weighted by Gasteiger charge is -2.31. The number of nitrogens with one attached hydrogen (secondary N) is 3. The number of nitriles is 1. The van der Waals surface area contributed by atoms with Gasteiger partial charge < -0.3 is 15.6 Å². The van der Waals surface area contributed by atoms with Crippen LogP contribution >= 0.6 is 0 Å². The van der Waals surface area contributed by atoms with E-state index in [0.717, 1.165) is 32.1 Å². The molecule has 1 aromatic heterocycles. The van der Waals surface area contributed by atoms with Crippen LogP contribution in [0.15, 0.2) is 24.3 Å².